The van der Waals surface area contributed by atoms with Crippen molar-refractivity contribution in [3.63, 3.8) is 0 Å². The van der Waals surface area contributed by atoms with Gasteiger partial charge in [0.25, 0.3) is 0 Å². The van der Waals surface area contributed by atoms with E-state index in [0.717, 1.165) is 6.07 Å². The number of alkyl halides is 2. The van der Waals surface area contributed by atoms with Crippen LogP contribution in [-0.2, 0) is 16.0 Å². The van der Waals surface area contributed by atoms with E-state index in [-0.39, 0.29) is 23.3 Å². The van der Waals surface area contributed by atoms with Crippen LogP contribution in [0, 0.1) is 0 Å². The molecule has 0 aliphatic heterocycles. The molecule has 0 heterocycles. The number of hydrogen-bond acceptors (Lipinski definition) is 4. The molecule has 110 valence electrons. The molecule has 0 saturated heterocycles. The topological polar surface area (TPSA) is 104 Å². The fourth-order valence-electron chi connectivity index (χ4n) is 1.68. The first-order valence-corrected chi connectivity index (χ1v) is 5.52. The number of benzene rings is 1. The molecule has 1 atom stereocenters. The second kappa shape index (κ2) is 6.80. The van der Waals surface area contributed by atoms with E-state index in [1.54, 1.807) is 0 Å². The van der Waals surface area contributed by atoms with Crippen LogP contribution in [0.5, 0.6) is 5.75 Å². The summed E-state index contributed by atoms with van der Waals surface area (Å²) < 4.78 is 28.8. The number of carboxylic acids is 2. The van der Waals surface area contributed by atoms with Gasteiger partial charge >= 0.3 is 18.6 Å². The van der Waals surface area contributed by atoms with Gasteiger partial charge in [0, 0.05) is 12.0 Å². The van der Waals surface area contributed by atoms with Crippen molar-refractivity contribution >= 4 is 11.9 Å². The van der Waals surface area contributed by atoms with Gasteiger partial charge in [-0.2, -0.15) is 8.78 Å². The third kappa shape index (κ3) is 4.16. The fraction of sp³-hybridized carbons (Fsp3) is 0.333. The van der Waals surface area contributed by atoms with E-state index in [2.05, 4.69) is 4.74 Å². The first-order chi connectivity index (χ1) is 9.32. The second-order valence-corrected chi connectivity index (χ2v) is 3.84. The summed E-state index contributed by atoms with van der Waals surface area (Å²) in [5, 5.41) is 26.9. The van der Waals surface area contributed by atoms with E-state index < -0.39 is 31.1 Å². The van der Waals surface area contributed by atoms with Crippen LogP contribution in [-0.4, -0.2) is 33.9 Å². The smallest absolute Gasteiger partial charge is 0.387 e. The second-order valence-electron chi connectivity index (χ2n) is 3.84. The first-order valence-electron chi connectivity index (χ1n) is 5.52. The van der Waals surface area contributed by atoms with Gasteiger partial charge in [-0.1, -0.05) is 12.1 Å². The van der Waals surface area contributed by atoms with Crippen LogP contribution in [0.2, 0.25) is 0 Å². The Balaban J connectivity index is 3.20. The number of ether oxygens (including phenoxy) is 1. The van der Waals surface area contributed by atoms with Gasteiger partial charge < -0.3 is 20.1 Å². The molecular formula is C12H12F2O6. The molecule has 0 spiro atoms. The Morgan fingerprint density at radius 3 is 2.40 bits per heavy atom. The SMILES string of the molecule is O=C(O)CCc1c(OC(F)F)cccc1C(O)C(=O)O. The van der Waals surface area contributed by atoms with E-state index in [9.17, 15) is 23.5 Å². The molecule has 1 aromatic carbocycles. The number of carbonyl (C=O) groups is 2. The summed E-state index contributed by atoms with van der Waals surface area (Å²) in [5.74, 6) is -3.11. The largest absolute Gasteiger partial charge is 0.481 e. The number of carboxylic acid groups (broad SMARTS) is 2. The Kier molecular flexibility index (Phi) is 5.39. The minimum atomic E-state index is -3.14. The molecule has 6 nitrogen and oxygen atoms in total. The first kappa shape index (κ1) is 15.8. The summed E-state index contributed by atoms with van der Waals surface area (Å²) in [6, 6.07) is 3.61. The van der Waals surface area contributed by atoms with Crippen molar-refractivity contribution in [1.82, 2.24) is 0 Å². The Hall–Kier alpha value is -2.22. The van der Waals surface area contributed by atoms with Crippen molar-refractivity contribution in [3.05, 3.63) is 29.3 Å². The molecule has 3 N–H and O–H groups in total. The third-order valence-electron chi connectivity index (χ3n) is 2.50. The highest BCUT2D eigenvalue weighted by Crippen LogP contribution is 2.29. The standard InChI is InChI=1S/C12H12F2O6/c13-12(14)20-8-3-1-2-7(10(17)11(18)19)6(8)4-5-9(15)16/h1-3,10,12,17H,4-5H2,(H,15,16)(H,18,19). The maximum absolute atomic E-state index is 12.3. The minimum Gasteiger partial charge on any atom is -0.481 e. The quantitative estimate of drug-likeness (QED) is 0.701. The van der Waals surface area contributed by atoms with Crippen LogP contribution in [0.1, 0.15) is 23.7 Å². The van der Waals surface area contributed by atoms with Crippen molar-refractivity contribution in [2.75, 3.05) is 0 Å². The van der Waals surface area contributed by atoms with E-state index in [1.807, 2.05) is 0 Å². The summed E-state index contributed by atoms with van der Waals surface area (Å²) in [4.78, 5) is 21.3. The van der Waals surface area contributed by atoms with Crippen molar-refractivity contribution in [2.24, 2.45) is 0 Å². The maximum atomic E-state index is 12.3. The maximum Gasteiger partial charge on any atom is 0.387 e. The van der Waals surface area contributed by atoms with Gasteiger partial charge in [-0.15, -0.1) is 0 Å². The lowest BCUT2D eigenvalue weighted by Crippen LogP contribution is -2.15. The molecule has 0 fully saturated rings. The number of hydrogen-bond donors (Lipinski definition) is 3. The predicted molar refractivity (Wildman–Crippen MR) is 61.6 cm³/mol. The van der Waals surface area contributed by atoms with Gasteiger partial charge in [-0.3, -0.25) is 4.79 Å². The third-order valence-corrected chi connectivity index (χ3v) is 2.50. The van der Waals surface area contributed by atoms with E-state index in [4.69, 9.17) is 10.2 Å². The molecule has 20 heavy (non-hydrogen) atoms. The average molecular weight is 290 g/mol. The lowest BCUT2D eigenvalue weighted by Gasteiger charge is -2.16. The van der Waals surface area contributed by atoms with E-state index in [1.165, 1.54) is 12.1 Å². The van der Waals surface area contributed by atoms with Crippen molar-refractivity contribution in [1.29, 1.82) is 0 Å². The summed E-state index contributed by atoms with van der Waals surface area (Å²) >= 11 is 0. The Bertz CT molecular complexity index is 503. The number of aliphatic hydroxyl groups excluding tert-OH is 1. The molecule has 0 saturated carbocycles. The Labute approximate surface area is 112 Å². The van der Waals surface area contributed by atoms with Crippen LogP contribution in [0.15, 0.2) is 18.2 Å². The number of halogens is 2. The van der Waals surface area contributed by atoms with Gasteiger partial charge in [-0.05, 0) is 18.1 Å². The molecule has 0 bridgehead atoms. The number of rotatable bonds is 7. The van der Waals surface area contributed by atoms with Crippen LogP contribution in [0.25, 0.3) is 0 Å². The monoisotopic (exact) mass is 290 g/mol. The highest BCUT2D eigenvalue weighted by molar-refractivity contribution is 5.75. The van der Waals surface area contributed by atoms with Crippen molar-refractivity contribution in [2.45, 2.75) is 25.6 Å². The molecule has 8 heteroatoms. The average Bonchev–Trinajstić information content (AvgIpc) is 2.35. The molecule has 1 unspecified atom stereocenters. The minimum absolute atomic E-state index is 0.0647. The molecule has 0 radical (unpaired) electrons. The fourth-order valence-corrected chi connectivity index (χ4v) is 1.68. The molecule has 0 aromatic heterocycles. The number of aliphatic carboxylic acids is 2. The number of aliphatic hydroxyl groups is 1. The predicted octanol–water partition coefficient (Wildman–Crippen LogP) is 1.42. The molecule has 1 aromatic rings. The van der Waals surface area contributed by atoms with Gasteiger partial charge in [0.1, 0.15) is 5.75 Å². The van der Waals surface area contributed by atoms with Crippen LogP contribution >= 0.6 is 0 Å². The van der Waals surface area contributed by atoms with Gasteiger partial charge in [0.15, 0.2) is 6.10 Å². The van der Waals surface area contributed by atoms with Crippen LogP contribution in [0.4, 0.5) is 8.78 Å². The molecule has 0 amide bonds. The summed E-state index contributed by atoms with van der Waals surface area (Å²) in [6.45, 7) is -3.14. The van der Waals surface area contributed by atoms with E-state index >= 15 is 0 Å². The van der Waals surface area contributed by atoms with Crippen molar-refractivity contribution in [3.8, 4) is 5.75 Å². The van der Waals surface area contributed by atoms with Crippen LogP contribution in [0.3, 0.4) is 0 Å². The zero-order valence-corrected chi connectivity index (χ0v) is 10.1. The zero-order valence-electron chi connectivity index (χ0n) is 10.1. The van der Waals surface area contributed by atoms with Crippen molar-refractivity contribution < 1.29 is 38.4 Å². The summed E-state index contributed by atoms with van der Waals surface area (Å²) in [6.07, 6.45) is -2.60. The lowest BCUT2D eigenvalue weighted by molar-refractivity contribution is -0.147. The summed E-state index contributed by atoms with van der Waals surface area (Å²) in [5.41, 5.74) is -0.234. The summed E-state index contributed by atoms with van der Waals surface area (Å²) in [7, 11) is 0. The molecule has 0 aliphatic rings. The molecular weight excluding hydrogens is 278 g/mol. The zero-order chi connectivity index (χ0) is 15.3. The van der Waals surface area contributed by atoms with Gasteiger partial charge in [0.05, 0.1) is 0 Å². The molecule has 1 rings (SSSR count). The Morgan fingerprint density at radius 2 is 1.90 bits per heavy atom. The normalized spacial score (nSPS) is 12.2. The lowest BCUT2D eigenvalue weighted by atomic mass is 9.97. The molecule has 0 aliphatic carbocycles. The van der Waals surface area contributed by atoms with E-state index in [0.29, 0.717) is 0 Å². The highest BCUT2D eigenvalue weighted by Gasteiger charge is 2.23. The van der Waals surface area contributed by atoms with Crippen LogP contribution < -0.4 is 4.74 Å². The van der Waals surface area contributed by atoms with Gasteiger partial charge in [0.2, 0.25) is 0 Å². The Morgan fingerprint density at radius 1 is 1.25 bits per heavy atom. The highest BCUT2D eigenvalue weighted by atomic mass is 19.3. The van der Waals surface area contributed by atoms with Gasteiger partial charge in [-0.25, -0.2) is 4.79 Å².